The predicted octanol–water partition coefficient (Wildman–Crippen LogP) is 4.23. The van der Waals surface area contributed by atoms with Crippen LogP contribution in [-0.2, 0) is 52.2 Å². The highest BCUT2D eigenvalue weighted by atomic mass is 16.6. The molecule has 0 fully saturated rings. The number of ether oxygens (including phenoxy) is 10. The Balaban J connectivity index is 3.09. The first-order chi connectivity index (χ1) is 20.5. The molecule has 0 aliphatic rings. The molecule has 0 rings (SSSR count). The van der Waals surface area contributed by atoms with Gasteiger partial charge in [0.2, 0.25) is 0 Å². The number of rotatable bonds is 34. The van der Waals surface area contributed by atoms with Crippen LogP contribution in [0.2, 0.25) is 0 Å². The van der Waals surface area contributed by atoms with Crippen LogP contribution in [0, 0.1) is 0 Å². The fourth-order valence-corrected chi connectivity index (χ4v) is 3.39. The van der Waals surface area contributed by atoms with Crippen LogP contribution in [0.1, 0.15) is 72.6 Å². The van der Waals surface area contributed by atoms with Gasteiger partial charge in [-0.3, -0.25) is 4.79 Å². The lowest BCUT2D eigenvalue weighted by Gasteiger charge is -2.19. The molecule has 0 N–H and O–H groups in total. The molecular formula is C31H62O11. The molecule has 0 spiro atoms. The summed E-state index contributed by atoms with van der Waals surface area (Å²) in [5.41, 5.74) is -0.468. The first-order valence-corrected chi connectivity index (χ1v) is 15.9. The molecular weight excluding hydrogens is 548 g/mol. The number of hydrogen-bond donors (Lipinski definition) is 0. The molecule has 0 aromatic heterocycles. The minimum absolute atomic E-state index is 0.238. The Morgan fingerprint density at radius 2 is 0.690 bits per heavy atom. The third-order valence-corrected chi connectivity index (χ3v) is 5.49. The van der Waals surface area contributed by atoms with E-state index < -0.39 is 5.60 Å². The largest absolute Gasteiger partial charge is 0.460 e. The van der Waals surface area contributed by atoms with E-state index in [4.69, 9.17) is 47.4 Å². The maximum absolute atomic E-state index is 11.5. The van der Waals surface area contributed by atoms with Gasteiger partial charge in [0.05, 0.1) is 119 Å². The Hall–Kier alpha value is -0.890. The minimum atomic E-state index is -0.468. The summed E-state index contributed by atoms with van der Waals surface area (Å²) in [7, 11) is 0. The van der Waals surface area contributed by atoms with Gasteiger partial charge in [0.15, 0.2) is 0 Å². The molecule has 0 aromatic rings. The number of hydrogen-bond acceptors (Lipinski definition) is 11. The lowest BCUT2D eigenvalue weighted by Crippen LogP contribution is -2.24. The van der Waals surface area contributed by atoms with Crippen molar-refractivity contribution in [3.8, 4) is 0 Å². The maximum Gasteiger partial charge on any atom is 0.308 e. The second-order valence-electron chi connectivity index (χ2n) is 10.6. The Labute approximate surface area is 255 Å². The summed E-state index contributed by atoms with van der Waals surface area (Å²) in [6.45, 7) is 17.3. The van der Waals surface area contributed by atoms with Crippen LogP contribution in [0.3, 0.4) is 0 Å². The molecule has 0 bridgehead atoms. The van der Waals surface area contributed by atoms with Gasteiger partial charge in [-0.1, -0.05) is 39.0 Å². The second kappa shape index (κ2) is 33.0. The standard InChI is InChI=1S/C31H62O11/c1-5-6-7-8-9-10-12-33-14-16-35-18-20-37-22-24-39-26-28-41-29-27-40-25-23-38-21-19-36-17-15-34-13-11-30(32)42-31(2,3)4/h5-29H2,1-4H3. The summed E-state index contributed by atoms with van der Waals surface area (Å²) in [5, 5.41) is 0. The van der Waals surface area contributed by atoms with Crippen LogP contribution >= 0.6 is 0 Å². The zero-order valence-corrected chi connectivity index (χ0v) is 27.2. The maximum atomic E-state index is 11.5. The molecule has 0 aliphatic heterocycles. The Morgan fingerprint density at radius 3 is 1.02 bits per heavy atom. The van der Waals surface area contributed by atoms with E-state index in [-0.39, 0.29) is 12.4 Å². The van der Waals surface area contributed by atoms with Gasteiger partial charge in [-0.05, 0) is 27.2 Å². The number of esters is 1. The molecule has 0 saturated heterocycles. The average molecular weight is 611 g/mol. The van der Waals surface area contributed by atoms with Crippen molar-refractivity contribution in [1.29, 1.82) is 0 Å². The smallest absolute Gasteiger partial charge is 0.308 e. The zero-order valence-electron chi connectivity index (χ0n) is 27.2. The number of carbonyl (C=O) groups excluding carboxylic acids is 1. The first-order valence-electron chi connectivity index (χ1n) is 15.9. The topological polar surface area (TPSA) is 109 Å². The molecule has 0 heterocycles. The third-order valence-electron chi connectivity index (χ3n) is 5.49. The van der Waals surface area contributed by atoms with Crippen molar-refractivity contribution in [3.05, 3.63) is 0 Å². The van der Waals surface area contributed by atoms with Crippen LogP contribution in [0.5, 0.6) is 0 Å². The highest BCUT2D eigenvalue weighted by Gasteiger charge is 2.15. The lowest BCUT2D eigenvalue weighted by molar-refractivity contribution is -0.156. The molecule has 0 atom stereocenters. The predicted molar refractivity (Wildman–Crippen MR) is 161 cm³/mol. The van der Waals surface area contributed by atoms with Crippen molar-refractivity contribution in [3.63, 3.8) is 0 Å². The van der Waals surface area contributed by atoms with Gasteiger partial charge in [-0.2, -0.15) is 0 Å². The van der Waals surface area contributed by atoms with Crippen LogP contribution in [0.25, 0.3) is 0 Å². The summed E-state index contributed by atoms with van der Waals surface area (Å²) in [4.78, 5) is 11.5. The Morgan fingerprint density at radius 1 is 0.405 bits per heavy atom. The van der Waals surface area contributed by atoms with E-state index in [1.165, 1.54) is 32.1 Å². The van der Waals surface area contributed by atoms with E-state index >= 15 is 0 Å². The molecule has 0 aromatic carbocycles. The van der Waals surface area contributed by atoms with Crippen molar-refractivity contribution in [2.24, 2.45) is 0 Å². The quantitative estimate of drug-likeness (QED) is 0.0771. The van der Waals surface area contributed by atoms with Crippen LogP contribution in [0.4, 0.5) is 0 Å². The van der Waals surface area contributed by atoms with E-state index in [0.717, 1.165) is 13.0 Å². The van der Waals surface area contributed by atoms with E-state index in [1.807, 2.05) is 20.8 Å². The summed E-state index contributed by atoms with van der Waals surface area (Å²) < 4.78 is 54.4. The van der Waals surface area contributed by atoms with Gasteiger partial charge in [0.1, 0.15) is 5.60 Å². The van der Waals surface area contributed by atoms with Crippen LogP contribution < -0.4 is 0 Å². The monoisotopic (exact) mass is 610 g/mol. The highest BCUT2D eigenvalue weighted by Crippen LogP contribution is 2.08. The summed E-state index contributed by atoms with van der Waals surface area (Å²) in [6, 6.07) is 0. The molecule has 11 nitrogen and oxygen atoms in total. The van der Waals surface area contributed by atoms with E-state index in [0.29, 0.717) is 112 Å². The number of unbranched alkanes of at least 4 members (excludes halogenated alkanes) is 5. The third kappa shape index (κ3) is 37.1. The normalized spacial score (nSPS) is 11.8. The average Bonchev–Trinajstić information content (AvgIpc) is 2.94. The number of carbonyl (C=O) groups is 1. The lowest BCUT2D eigenvalue weighted by atomic mass is 10.1. The Bertz CT molecular complexity index is 543. The van der Waals surface area contributed by atoms with Gasteiger partial charge in [0, 0.05) is 6.61 Å². The Kier molecular flexibility index (Phi) is 32.3. The molecule has 0 amide bonds. The molecule has 42 heavy (non-hydrogen) atoms. The summed E-state index contributed by atoms with van der Waals surface area (Å²) in [6.07, 6.45) is 7.91. The van der Waals surface area contributed by atoms with Gasteiger partial charge >= 0.3 is 5.97 Å². The van der Waals surface area contributed by atoms with Gasteiger partial charge in [0.25, 0.3) is 0 Å². The fourth-order valence-electron chi connectivity index (χ4n) is 3.39. The van der Waals surface area contributed by atoms with Gasteiger partial charge in [-0.15, -0.1) is 0 Å². The van der Waals surface area contributed by atoms with Crippen LogP contribution in [0.15, 0.2) is 0 Å². The van der Waals surface area contributed by atoms with Crippen molar-refractivity contribution >= 4 is 5.97 Å². The fraction of sp³-hybridized carbons (Fsp3) is 0.968. The van der Waals surface area contributed by atoms with Crippen molar-refractivity contribution in [2.45, 2.75) is 78.2 Å². The SMILES string of the molecule is CCCCCCCCOCCOCCOCCOCCOCCOCCOCCOCCOCCC(=O)OC(C)(C)C. The minimum Gasteiger partial charge on any atom is -0.460 e. The first kappa shape index (κ1) is 41.1. The van der Waals surface area contributed by atoms with E-state index in [1.54, 1.807) is 0 Å². The molecule has 0 radical (unpaired) electrons. The molecule has 252 valence electrons. The highest BCUT2D eigenvalue weighted by molar-refractivity contribution is 5.69. The molecule has 0 saturated carbocycles. The van der Waals surface area contributed by atoms with Gasteiger partial charge < -0.3 is 47.4 Å². The van der Waals surface area contributed by atoms with Gasteiger partial charge in [-0.25, -0.2) is 0 Å². The van der Waals surface area contributed by atoms with Crippen molar-refractivity contribution in [1.82, 2.24) is 0 Å². The van der Waals surface area contributed by atoms with E-state index in [2.05, 4.69) is 6.92 Å². The zero-order chi connectivity index (χ0) is 30.8. The van der Waals surface area contributed by atoms with E-state index in [9.17, 15) is 4.79 Å². The van der Waals surface area contributed by atoms with Crippen molar-refractivity contribution < 1.29 is 52.2 Å². The van der Waals surface area contributed by atoms with Crippen LogP contribution in [-0.4, -0.2) is 130 Å². The summed E-state index contributed by atoms with van der Waals surface area (Å²) in [5.74, 6) is -0.260. The molecule has 0 unspecified atom stereocenters. The second-order valence-corrected chi connectivity index (χ2v) is 10.6. The molecule has 11 heteroatoms. The summed E-state index contributed by atoms with van der Waals surface area (Å²) >= 11 is 0. The molecule has 0 aliphatic carbocycles. The van der Waals surface area contributed by atoms with Crippen molar-refractivity contribution in [2.75, 3.05) is 119 Å².